The number of carbonyl (C=O) groups excluding carboxylic acids is 2. The van der Waals surface area contributed by atoms with Crippen molar-refractivity contribution < 1.29 is 19.1 Å². The van der Waals surface area contributed by atoms with Gasteiger partial charge in [0.1, 0.15) is 5.78 Å². The van der Waals surface area contributed by atoms with Gasteiger partial charge in [-0.15, -0.1) is 0 Å². The smallest absolute Gasteiger partial charge is 0.302 e. The molecule has 0 aromatic heterocycles. The summed E-state index contributed by atoms with van der Waals surface area (Å²) in [6, 6.07) is 0. The summed E-state index contributed by atoms with van der Waals surface area (Å²) in [5.74, 6) is 0.234. The molecule has 0 bridgehead atoms. The average Bonchev–Trinajstić information content (AvgIpc) is 2.26. The predicted molar refractivity (Wildman–Crippen MR) is 61.2 cm³/mol. The molecule has 0 aromatic rings. The highest BCUT2D eigenvalue weighted by molar-refractivity contribution is 5.78. The van der Waals surface area contributed by atoms with E-state index in [2.05, 4.69) is 4.74 Å². The minimum Gasteiger partial charge on any atom is -0.466 e. The summed E-state index contributed by atoms with van der Waals surface area (Å²) in [7, 11) is 1.62. The van der Waals surface area contributed by atoms with Crippen LogP contribution in [0.1, 0.15) is 45.4 Å². The van der Waals surface area contributed by atoms with Crippen LogP contribution >= 0.6 is 0 Å². The number of methoxy groups -OCH3 is 1. The van der Waals surface area contributed by atoms with E-state index in [-0.39, 0.29) is 5.97 Å². The molecule has 1 aliphatic carbocycles. The van der Waals surface area contributed by atoms with Crippen molar-refractivity contribution in [1.29, 1.82) is 0 Å². The quantitative estimate of drug-likeness (QED) is 0.548. The van der Waals surface area contributed by atoms with Crippen molar-refractivity contribution in [3.8, 4) is 0 Å². The lowest BCUT2D eigenvalue weighted by molar-refractivity contribution is -0.141. The zero-order valence-corrected chi connectivity index (χ0v) is 10.3. The Morgan fingerprint density at radius 3 is 2.19 bits per heavy atom. The molecule has 94 valence electrons. The topological polar surface area (TPSA) is 52.6 Å². The Hall–Kier alpha value is -0.900. The highest BCUT2D eigenvalue weighted by atomic mass is 16.5. The van der Waals surface area contributed by atoms with E-state index >= 15 is 0 Å². The van der Waals surface area contributed by atoms with Crippen LogP contribution in [0, 0.1) is 0 Å². The number of ketones is 1. The Balaban J connectivity index is 0.000000288. The fourth-order valence-corrected chi connectivity index (χ4v) is 1.37. The van der Waals surface area contributed by atoms with Gasteiger partial charge in [-0.1, -0.05) is 6.42 Å². The second-order valence-corrected chi connectivity index (χ2v) is 3.79. The zero-order chi connectivity index (χ0) is 12.2. The van der Waals surface area contributed by atoms with Crippen LogP contribution in [-0.4, -0.2) is 32.1 Å². The first-order valence-corrected chi connectivity index (χ1v) is 5.81. The van der Waals surface area contributed by atoms with Crippen molar-refractivity contribution in [3.63, 3.8) is 0 Å². The zero-order valence-electron chi connectivity index (χ0n) is 10.3. The third-order valence-electron chi connectivity index (χ3n) is 2.21. The van der Waals surface area contributed by atoms with Crippen LogP contribution in [0.15, 0.2) is 0 Å². The second kappa shape index (κ2) is 10.6. The highest BCUT2D eigenvalue weighted by Crippen LogP contribution is 2.12. The lowest BCUT2D eigenvalue weighted by atomic mass is 10.00. The molecule has 4 heteroatoms. The summed E-state index contributed by atoms with van der Waals surface area (Å²) in [4.78, 5) is 20.6. The Morgan fingerprint density at radius 2 is 1.81 bits per heavy atom. The molecule has 0 aromatic carbocycles. The van der Waals surface area contributed by atoms with E-state index in [9.17, 15) is 9.59 Å². The molecule has 0 spiro atoms. The molecule has 16 heavy (non-hydrogen) atoms. The Bertz CT molecular complexity index is 193. The van der Waals surface area contributed by atoms with E-state index in [0.29, 0.717) is 19.0 Å². The van der Waals surface area contributed by atoms with Gasteiger partial charge >= 0.3 is 5.97 Å². The van der Waals surface area contributed by atoms with Gasteiger partial charge in [0.05, 0.1) is 6.61 Å². The van der Waals surface area contributed by atoms with Gasteiger partial charge in [0.15, 0.2) is 0 Å². The van der Waals surface area contributed by atoms with E-state index in [1.807, 2.05) is 0 Å². The number of rotatable bonds is 4. The lowest BCUT2D eigenvalue weighted by Crippen LogP contribution is -2.02. The number of esters is 1. The maximum atomic E-state index is 10.5. The molecule has 0 heterocycles. The molecule has 0 saturated heterocycles. The Labute approximate surface area is 97.3 Å². The minimum atomic E-state index is -0.230. The fourth-order valence-electron chi connectivity index (χ4n) is 1.37. The van der Waals surface area contributed by atoms with E-state index in [0.717, 1.165) is 32.1 Å². The standard InChI is InChI=1S/C6H12O3.C6H10O/c1-6(7)9-5-3-4-8-2;7-6-4-2-1-3-5-6/h3-5H2,1-2H3;1-5H2. The number of Topliss-reactive ketones (excluding diaryl/α,β-unsaturated/α-hetero) is 1. The molecule has 0 amide bonds. The SMILES string of the molecule is COCCCOC(C)=O.O=C1CCCCC1. The first-order chi connectivity index (χ1) is 7.66. The maximum Gasteiger partial charge on any atom is 0.302 e. The third-order valence-corrected chi connectivity index (χ3v) is 2.21. The highest BCUT2D eigenvalue weighted by Gasteiger charge is 2.05. The van der Waals surface area contributed by atoms with Crippen LogP contribution in [0.2, 0.25) is 0 Å². The molecule has 0 atom stereocenters. The van der Waals surface area contributed by atoms with Crippen LogP contribution in [0.3, 0.4) is 0 Å². The molecular formula is C12H22O4. The van der Waals surface area contributed by atoms with Crippen LogP contribution in [0.5, 0.6) is 0 Å². The summed E-state index contributed by atoms with van der Waals surface area (Å²) in [6.45, 7) is 2.50. The van der Waals surface area contributed by atoms with Gasteiger partial charge in [0, 0.05) is 39.9 Å². The van der Waals surface area contributed by atoms with E-state index < -0.39 is 0 Å². The molecule has 0 N–H and O–H groups in total. The largest absolute Gasteiger partial charge is 0.466 e. The van der Waals surface area contributed by atoms with Gasteiger partial charge in [0.25, 0.3) is 0 Å². The number of carbonyl (C=O) groups is 2. The first kappa shape index (κ1) is 15.1. The second-order valence-electron chi connectivity index (χ2n) is 3.79. The molecule has 1 rings (SSSR count). The predicted octanol–water partition coefficient (Wildman–Crippen LogP) is 2.11. The third kappa shape index (κ3) is 11.2. The van der Waals surface area contributed by atoms with Crippen molar-refractivity contribution in [2.75, 3.05) is 20.3 Å². The van der Waals surface area contributed by atoms with Gasteiger partial charge in [-0.3, -0.25) is 9.59 Å². The molecular weight excluding hydrogens is 208 g/mol. The maximum absolute atomic E-state index is 10.5. The van der Waals surface area contributed by atoms with Crippen LogP contribution in [-0.2, 0) is 19.1 Å². The van der Waals surface area contributed by atoms with Crippen LogP contribution in [0.25, 0.3) is 0 Å². The van der Waals surface area contributed by atoms with E-state index in [1.54, 1.807) is 7.11 Å². The van der Waals surface area contributed by atoms with E-state index in [4.69, 9.17) is 4.74 Å². The van der Waals surface area contributed by atoms with Gasteiger partial charge in [-0.05, 0) is 12.8 Å². The van der Waals surface area contributed by atoms with Crippen molar-refractivity contribution in [1.82, 2.24) is 0 Å². The molecule has 1 aliphatic rings. The van der Waals surface area contributed by atoms with Crippen LogP contribution in [0.4, 0.5) is 0 Å². The van der Waals surface area contributed by atoms with Gasteiger partial charge in [-0.25, -0.2) is 0 Å². The first-order valence-electron chi connectivity index (χ1n) is 5.81. The molecule has 0 aliphatic heterocycles. The number of hydrogen-bond donors (Lipinski definition) is 0. The van der Waals surface area contributed by atoms with Crippen LogP contribution < -0.4 is 0 Å². The summed E-state index contributed by atoms with van der Waals surface area (Å²) in [5.41, 5.74) is 0. The van der Waals surface area contributed by atoms with Gasteiger partial charge < -0.3 is 9.47 Å². The van der Waals surface area contributed by atoms with Crippen molar-refractivity contribution in [2.45, 2.75) is 45.4 Å². The monoisotopic (exact) mass is 230 g/mol. The lowest BCUT2D eigenvalue weighted by Gasteiger charge is -2.05. The summed E-state index contributed by atoms with van der Waals surface area (Å²) in [5, 5.41) is 0. The van der Waals surface area contributed by atoms with Crippen molar-refractivity contribution in [3.05, 3.63) is 0 Å². The number of ether oxygens (including phenoxy) is 2. The van der Waals surface area contributed by atoms with E-state index in [1.165, 1.54) is 13.3 Å². The Morgan fingerprint density at radius 1 is 1.19 bits per heavy atom. The average molecular weight is 230 g/mol. The molecule has 4 nitrogen and oxygen atoms in total. The molecule has 0 unspecified atom stereocenters. The number of hydrogen-bond acceptors (Lipinski definition) is 4. The minimum absolute atomic E-state index is 0.230. The van der Waals surface area contributed by atoms with Gasteiger partial charge in [-0.2, -0.15) is 0 Å². The molecule has 1 fully saturated rings. The summed E-state index contributed by atoms with van der Waals surface area (Å²) >= 11 is 0. The Kier molecular flexibility index (Phi) is 10.0. The normalized spacial score (nSPS) is 15.0. The van der Waals surface area contributed by atoms with Crippen molar-refractivity contribution >= 4 is 11.8 Å². The molecule has 1 saturated carbocycles. The fraction of sp³-hybridized carbons (Fsp3) is 0.833. The van der Waals surface area contributed by atoms with Crippen molar-refractivity contribution in [2.24, 2.45) is 0 Å². The summed E-state index contributed by atoms with van der Waals surface area (Å²) in [6.07, 6.45) is 6.01. The van der Waals surface area contributed by atoms with Gasteiger partial charge in [0.2, 0.25) is 0 Å². The summed E-state index contributed by atoms with van der Waals surface area (Å²) < 4.78 is 9.36. The molecule has 0 radical (unpaired) electrons.